The smallest absolute Gasteiger partial charge is 0.274 e. The largest absolute Gasteiger partial charge is 0.490 e. The maximum Gasteiger partial charge on any atom is 0.274 e. The van der Waals surface area contributed by atoms with Crippen molar-refractivity contribution in [2.24, 2.45) is 11.7 Å². The molecule has 9 heteroatoms. The first-order chi connectivity index (χ1) is 17.9. The molecule has 2 aromatic heterocycles. The van der Waals surface area contributed by atoms with Gasteiger partial charge in [0.25, 0.3) is 5.91 Å². The summed E-state index contributed by atoms with van der Waals surface area (Å²) in [4.78, 5) is 21.7. The zero-order valence-corrected chi connectivity index (χ0v) is 21.1. The van der Waals surface area contributed by atoms with Gasteiger partial charge in [0.2, 0.25) is 0 Å². The topological polar surface area (TPSA) is 90.1 Å². The van der Waals surface area contributed by atoms with Crippen molar-refractivity contribution >= 4 is 24.3 Å². The quantitative estimate of drug-likeness (QED) is 0.480. The molecule has 6 nitrogen and oxygen atoms in total. The molecule has 1 saturated carbocycles. The first-order valence-electron chi connectivity index (χ1n) is 12.8. The van der Waals surface area contributed by atoms with Gasteiger partial charge in [-0.2, -0.15) is 0 Å². The molecule has 1 aliphatic carbocycles. The van der Waals surface area contributed by atoms with Crippen LogP contribution in [0.3, 0.4) is 0 Å². The van der Waals surface area contributed by atoms with E-state index in [1.807, 2.05) is 6.07 Å². The normalized spacial score (nSPS) is 20.7. The van der Waals surface area contributed by atoms with Crippen molar-refractivity contribution in [3.8, 4) is 17.0 Å². The number of carbonyl (C=O) groups is 1. The Bertz CT molecular complexity index is 1340. The predicted molar refractivity (Wildman–Crippen MR) is 141 cm³/mol. The second-order valence-electron chi connectivity index (χ2n) is 9.91. The number of rotatable bonds is 6. The van der Waals surface area contributed by atoms with Crippen LogP contribution in [-0.2, 0) is 6.42 Å². The lowest BCUT2D eigenvalue weighted by Gasteiger charge is -2.33. The van der Waals surface area contributed by atoms with Gasteiger partial charge in [0.15, 0.2) is 11.6 Å². The lowest BCUT2D eigenvalue weighted by molar-refractivity contribution is 0.102. The average Bonchev–Trinajstić information content (AvgIpc) is 3.38. The van der Waals surface area contributed by atoms with Crippen LogP contribution in [0.1, 0.15) is 60.1 Å². The number of pyridine rings is 2. The van der Waals surface area contributed by atoms with E-state index in [9.17, 15) is 9.18 Å². The number of nitrogens with one attached hydrogen (secondary N) is 1. The van der Waals surface area contributed by atoms with Gasteiger partial charge in [-0.25, -0.2) is 13.8 Å². The van der Waals surface area contributed by atoms with Gasteiger partial charge in [0, 0.05) is 29.8 Å². The Morgan fingerprint density at radius 3 is 2.86 bits per heavy atom. The standard InChI is InChI=1S/C28H30BF2N4O2/c1-3-15-10-17(12-18(32)11-15)19-6-8-33-14-23(19)35-28(36)22-5-4-21(30)26(34-22)24-20(29-2)13-16-7-9-37-27(16)25(24)31/h4-6,8,13-15,17-18H,3,7,9-12,32H2,1-2H3,(H,35,36). The van der Waals surface area contributed by atoms with Crippen molar-refractivity contribution in [3.63, 3.8) is 0 Å². The molecule has 1 aromatic carbocycles. The van der Waals surface area contributed by atoms with Crippen LogP contribution in [-0.4, -0.2) is 35.8 Å². The fourth-order valence-corrected chi connectivity index (χ4v) is 5.65. The first-order valence-corrected chi connectivity index (χ1v) is 12.8. The van der Waals surface area contributed by atoms with E-state index in [2.05, 4.69) is 22.2 Å². The minimum atomic E-state index is -0.722. The number of hydrogen-bond donors (Lipinski definition) is 2. The minimum Gasteiger partial charge on any atom is -0.490 e. The van der Waals surface area contributed by atoms with Crippen molar-refractivity contribution in [1.82, 2.24) is 9.97 Å². The number of nitrogens with zero attached hydrogens (tertiary/aromatic N) is 2. The van der Waals surface area contributed by atoms with Crippen LogP contribution in [0.15, 0.2) is 36.7 Å². The molecular formula is C28H30BF2N4O2. The van der Waals surface area contributed by atoms with Gasteiger partial charge in [-0.1, -0.05) is 31.7 Å². The summed E-state index contributed by atoms with van der Waals surface area (Å²) in [6.07, 6.45) is 7.79. The number of aromatic nitrogens is 2. The van der Waals surface area contributed by atoms with E-state index in [0.717, 1.165) is 42.9 Å². The molecule has 5 rings (SSSR count). The zero-order valence-electron chi connectivity index (χ0n) is 21.1. The summed E-state index contributed by atoms with van der Waals surface area (Å²) in [6.45, 7) is 4.29. The van der Waals surface area contributed by atoms with Crippen molar-refractivity contribution in [1.29, 1.82) is 0 Å². The lowest BCUT2D eigenvalue weighted by Crippen LogP contribution is -2.32. The Hall–Kier alpha value is -3.33. The Kier molecular flexibility index (Phi) is 7.24. The molecule has 0 bridgehead atoms. The maximum atomic E-state index is 15.4. The molecule has 3 aromatic rings. The number of benzene rings is 1. The Labute approximate surface area is 216 Å². The van der Waals surface area contributed by atoms with Crippen molar-refractivity contribution in [3.05, 3.63) is 65.1 Å². The van der Waals surface area contributed by atoms with Gasteiger partial charge in [-0.15, -0.1) is 0 Å². The van der Waals surface area contributed by atoms with Crippen LogP contribution in [0.5, 0.6) is 5.75 Å². The summed E-state index contributed by atoms with van der Waals surface area (Å²) in [6, 6.07) is 6.25. The number of amides is 1. The van der Waals surface area contributed by atoms with Crippen molar-refractivity contribution in [2.75, 3.05) is 11.9 Å². The summed E-state index contributed by atoms with van der Waals surface area (Å²) in [5, 5.41) is 2.90. The molecule has 3 unspecified atom stereocenters. The summed E-state index contributed by atoms with van der Waals surface area (Å²) in [5.41, 5.74) is 8.85. The predicted octanol–water partition coefficient (Wildman–Crippen LogP) is 4.61. The number of carbonyl (C=O) groups excluding carboxylic acids is 1. The Morgan fingerprint density at radius 1 is 1.24 bits per heavy atom. The Balaban J connectivity index is 1.46. The molecule has 0 saturated heterocycles. The number of anilines is 1. The number of halogens is 2. The highest BCUT2D eigenvalue weighted by atomic mass is 19.1. The van der Waals surface area contributed by atoms with Crippen LogP contribution in [0.2, 0.25) is 6.82 Å². The first kappa shape index (κ1) is 25.3. The molecule has 1 aliphatic heterocycles. The van der Waals surface area contributed by atoms with Crippen molar-refractivity contribution < 1.29 is 18.3 Å². The third-order valence-corrected chi connectivity index (χ3v) is 7.53. The second kappa shape index (κ2) is 10.6. The SMILES string of the molecule is C[B]c1cc2c(c(F)c1-c1nc(C(=O)Nc3cnccc3C3CC(N)CC(CC)C3)ccc1F)OCC2. The number of ether oxygens (including phenoxy) is 1. The van der Waals surface area contributed by atoms with Gasteiger partial charge in [-0.05, 0) is 54.9 Å². The highest BCUT2D eigenvalue weighted by Crippen LogP contribution is 2.40. The lowest BCUT2D eigenvalue weighted by atomic mass is 9.69. The molecule has 1 amide bonds. The van der Waals surface area contributed by atoms with E-state index < -0.39 is 17.5 Å². The van der Waals surface area contributed by atoms with E-state index >= 15 is 4.39 Å². The molecule has 1 radical (unpaired) electrons. The van der Waals surface area contributed by atoms with E-state index in [1.165, 1.54) is 6.07 Å². The van der Waals surface area contributed by atoms with Gasteiger partial charge >= 0.3 is 0 Å². The molecule has 1 fully saturated rings. The molecule has 3 heterocycles. The third-order valence-electron chi connectivity index (χ3n) is 7.53. The van der Waals surface area contributed by atoms with Gasteiger partial charge in [0.1, 0.15) is 24.5 Å². The highest BCUT2D eigenvalue weighted by molar-refractivity contribution is 6.54. The van der Waals surface area contributed by atoms with E-state index in [1.54, 1.807) is 32.6 Å². The number of nitrogens with two attached hydrogens (primary N) is 1. The Morgan fingerprint density at radius 2 is 2.08 bits per heavy atom. The van der Waals surface area contributed by atoms with Crippen LogP contribution in [0.25, 0.3) is 11.3 Å². The summed E-state index contributed by atoms with van der Waals surface area (Å²) in [7, 11) is 1.70. The number of hydrogen-bond acceptors (Lipinski definition) is 5. The molecule has 191 valence electrons. The molecule has 3 N–H and O–H groups in total. The zero-order chi connectivity index (χ0) is 26.1. The highest BCUT2D eigenvalue weighted by Gasteiger charge is 2.30. The van der Waals surface area contributed by atoms with Crippen LogP contribution in [0, 0.1) is 17.6 Å². The van der Waals surface area contributed by atoms with Gasteiger partial charge in [0.05, 0.1) is 18.5 Å². The summed E-state index contributed by atoms with van der Waals surface area (Å²) >= 11 is 0. The monoisotopic (exact) mass is 503 g/mol. The summed E-state index contributed by atoms with van der Waals surface area (Å²) < 4.78 is 35.9. The van der Waals surface area contributed by atoms with Gasteiger partial charge in [-0.3, -0.25) is 9.78 Å². The van der Waals surface area contributed by atoms with Crippen LogP contribution in [0.4, 0.5) is 14.5 Å². The fourth-order valence-electron chi connectivity index (χ4n) is 5.65. The van der Waals surface area contributed by atoms with Crippen LogP contribution >= 0.6 is 0 Å². The fraction of sp³-hybridized carbons (Fsp3) is 0.393. The molecule has 2 aliphatic rings. The molecule has 0 spiro atoms. The minimum absolute atomic E-state index is 0.0147. The maximum absolute atomic E-state index is 15.4. The number of fused-ring (bicyclic) bond motifs is 1. The van der Waals surface area contributed by atoms with Crippen LogP contribution < -0.4 is 21.3 Å². The van der Waals surface area contributed by atoms with E-state index in [0.29, 0.717) is 30.1 Å². The molecule has 37 heavy (non-hydrogen) atoms. The third kappa shape index (κ3) is 4.97. The molecular weight excluding hydrogens is 473 g/mol. The molecule has 3 atom stereocenters. The summed E-state index contributed by atoms with van der Waals surface area (Å²) in [5.74, 6) is -1.06. The van der Waals surface area contributed by atoms with Gasteiger partial charge < -0.3 is 15.8 Å². The van der Waals surface area contributed by atoms with E-state index in [4.69, 9.17) is 10.5 Å². The average molecular weight is 503 g/mol. The van der Waals surface area contributed by atoms with Crippen molar-refractivity contribution in [2.45, 2.75) is 57.8 Å². The van der Waals surface area contributed by atoms with E-state index in [-0.39, 0.29) is 34.7 Å². The second-order valence-corrected chi connectivity index (χ2v) is 9.91.